The lowest BCUT2D eigenvalue weighted by molar-refractivity contribution is 0.296. The average Bonchev–Trinajstić information content (AvgIpc) is 2.60. The fraction of sp³-hybridized carbons (Fsp3) is 0.538. The molecule has 1 aliphatic carbocycles. The van der Waals surface area contributed by atoms with Gasteiger partial charge in [0, 0.05) is 13.0 Å². The van der Waals surface area contributed by atoms with E-state index in [1.165, 1.54) is 16.5 Å². The van der Waals surface area contributed by atoms with Crippen LogP contribution in [0.15, 0.2) is 34.5 Å². The Morgan fingerprint density at radius 3 is 3.00 bits per heavy atom. The highest BCUT2D eigenvalue weighted by Crippen LogP contribution is 2.31. The summed E-state index contributed by atoms with van der Waals surface area (Å²) in [5.41, 5.74) is 1.45. The Labute approximate surface area is 106 Å². The molecule has 0 aromatic carbocycles. The average molecular weight is 283 g/mol. The predicted molar refractivity (Wildman–Crippen MR) is 72.5 cm³/mol. The molecule has 0 aromatic heterocycles. The van der Waals surface area contributed by atoms with Crippen LogP contribution in [0.4, 0.5) is 0 Å². The van der Waals surface area contributed by atoms with Gasteiger partial charge in [-0.15, -0.1) is 0 Å². The van der Waals surface area contributed by atoms with Crippen molar-refractivity contribution in [2.45, 2.75) is 18.9 Å². The third kappa shape index (κ3) is 2.77. The van der Waals surface area contributed by atoms with Crippen LogP contribution < -0.4 is 0 Å². The lowest BCUT2D eigenvalue weighted by Crippen LogP contribution is -2.31. The summed E-state index contributed by atoms with van der Waals surface area (Å²) in [6, 6.07) is 0.571. The van der Waals surface area contributed by atoms with Crippen molar-refractivity contribution >= 4 is 15.9 Å². The van der Waals surface area contributed by atoms with E-state index in [0.29, 0.717) is 6.04 Å². The summed E-state index contributed by atoms with van der Waals surface area (Å²) >= 11 is 3.60. The number of hydrogen-bond acceptors (Lipinski definition) is 2. The SMILES string of the molecule is CN(C)CCCN1C=CC2=CC=C(Br)CC21. The van der Waals surface area contributed by atoms with E-state index in [9.17, 15) is 0 Å². The maximum absolute atomic E-state index is 3.60. The van der Waals surface area contributed by atoms with Crippen molar-refractivity contribution in [1.82, 2.24) is 9.80 Å². The largest absolute Gasteiger partial charge is 0.370 e. The van der Waals surface area contributed by atoms with Crippen molar-refractivity contribution in [3.05, 3.63) is 34.5 Å². The number of nitrogens with zero attached hydrogens (tertiary/aromatic N) is 2. The number of rotatable bonds is 4. The standard InChI is InChI=1S/C13H19BrN2/c1-15(2)7-3-8-16-9-6-11-4-5-12(14)10-13(11)16/h4-6,9,13H,3,7-8,10H2,1-2H3. The van der Waals surface area contributed by atoms with Gasteiger partial charge in [0.05, 0.1) is 6.04 Å². The Kier molecular flexibility index (Phi) is 3.87. The molecule has 3 heteroatoms. The normalized spacial score (nSPS) is 23.5. The third-order valence-electron chi connectivity index (χ3n) is 3.11. The second kappa shape index (κ2) is 5.19. The maximum Gasteiger partial charge on any atom is 0.0582 e. The first kappa shape index (κ1) is 11.9. The molecule has 1 heterocycles. The van der Waals surface area contributed by atoms with E-state index >= 15 is 0 Å². The molecule has 2 nitrogen and oxygen atoms in total. The molecule has 2 aliphatic rings. The van der Waals surface area contributed by atoms with Gasteiger partial charge in [-0.25, -0.2) is 0 Å². The number of fused-ring (bicyclic) bond motifs is 1. The fourth-order valence-electron chi connectivity index (χ4n) is 2.23. The van der Waals surface area contributed by atoms with Crippen molar-refractivity contribution in [1.29, 1.82) is 0 Å². The first-order chi connectivity index (χ1) is 7.66. The van der Waals surface area contributed by atoms with Crippen LogP contribution in [0.25, 0.3) is 0 Å². The third-order valence-corrected chi connectivity index (χ3v) is 3.70. The van der Waals surface area contributed by atoms with Gasteiger partial charge in [0.15, 0.2) is 0 Å². The topological polar surface area (TPSA) is 6.48 Å². The molecule has 0 aromatic rings. The highest BCUT2D eigenvalue weighted by Gasteiger charge is 2.25. The van der Waals surface area contributed by atoms with Gasteiger partial charge in [0.2, 0.25) is 0 Å². The molecule has 0 fully saturated rings. The van der Waals surface area contributed by atoms with E-state index in [4.69, 9.17) is 0 Å². The molecule has 0 saturated carbocycles. The highest BCUT2D eigenvalue weighted by molar-refractivity contribution is 9.11. The van der Waals surface area contributed by atoms with Gasteiger partial charge in [0.1, 0.15) is 0 Å². The van der Waals surface area contributed by atoms with Crippen LogP contribution in [0.1, 0.15) is 12.8 Å². The molecule has 1 aliphatic heterocycles. The number of allylic oxidation sites excluding steroid dienone is 2. The molecule has 88 valence electrons. The van der Waals surface area contributed by atoms with Gasteiger partial charge in [0.25, 0.3) is 0 Å². The molecule has 16 heavy (non-hydrogen) atoms. The van der Waals surface area contributed by atoms with Crippen molar-refractivity contribution in [3.63, 3.8) is 0 Å². The summed E-state index contributed by atoms with van der Waals surface area (Å²) in [7, 11) is 4.26. The first-order valence-corrected chi connectivity index (χ1v) is 6.61. The molecule has 2 rings (SSSR count). The summed E-state index contributed by atoms with van der Waals surface area (Å²) in [6.45, 7) is 2.31. The molecule has 0 spiro atoms. The quantitative estimate of drug-likeness (QED) is 0.782. The van der Waals surface area contributed by atoms with Crippen molar-refractivity contribution in [2.24, 2.45) is 0 Å². The fourth-order valence-corrected chi connectivity index (χ4v) is 2.67. The van der Waals surface area contributed by atoms with Gasteiger partial charge >= 0.3 is 0 Å². The van der Waals surface area contributed by atoms with Crippen LogP contribution in [0, 0.1) is 0 Å². The molecule has 0 N–H and O–H groups in total. The molecule has 1 unspecified atom stereocenters. The first-order valence-electron chi connectivity index (χ1n) is 5.82. The molecular weight excluding hydrogens is 264 g/mol. The Morgan fingerprint density at radius 2 is 2.25 bits per heavy atom. The van der Waals surface area contributed by atoms with Gasteiger partial charge in [-0.3, -0.25) is 0 Å². The van der Waals surface area contributed by atoms with Crippen LogP contribution >= 0.6 is 15.9 Å². The summed E-state index contributed by atoms with van der Waals surface area (Å²) in [4.78, 5) is 4.71. The summed E-state index contributed by atoms with van der Waals surface area (Å²) in [5.74, 6) is 0. The van der Waals surface area contributed by atoms with Crippen molar-refractivity contribution < 1.29 is 0 Å². The van der Waals surface area contributed by atoms with Gasteiger partial charge in [-0.05, 0) is 49.4 Å². The Hall–Kier alpha value is -0.540. The molecule has 1 atom stereocenters. The van der Waals surface area contributed by atoms with Crippen LogP contribution in [0.5, 0.6) is 0 Å². The van der Waals surface area contributed by atoms with Crippen LogP contribution in [-0.4, -0.2) is 43.0 Å². The Balaban J connectivity index is 1.88. The summed E-state index contributed by atoms with van der Waals surface area (Å²) in [6.07, 6.45) is 11.2. The molecule has 0 bridgehead atoms. The van der Waals surface area contributed by atoms with Crippen molar-refractivity contribution in [2.75, 3.05) is 27.2 Å². The van der Waals surface area contributed by atoms with E-state index in [2.05, 4.69) is 64.3 Å². The highest BCUT2D eigenvalue weighted by atomic mass is 79.9. The van der Waals surface area contributed by atoms with Gasteiger partial charge < -0.3 is 9.80 Å². The monoisotopic (exact) mass is 282 g/mol. The van der Waals surface area contributed by atoms with E-state index in [0.717, 1.165) is 19.5 Å². The molecule has 0 amide bonds. The van der Waals surface area contributed by atoms with Crippen LogP contribution in [-0.2, 0) is 0 Å². The minimum atomic E-state index is 0.571. The predicted octanol–water partition coefficient (Wildman–Crippen LogP) is 2.74. The second-order valence-electron chi connectivity index (χ2n) is 4.71. The van der Waals surface area contributed by atoms with Crippen LogP contribution in [0.2, 0.25) is 0 Å². The van der Waals surface area contributed by atoms with E-state index in [-0.39, 0.29) is 0 Å². The lowest BCUT2D eigenvalue weighted by Gasteiger charge is -2.28. The van der Waals surface area contributed by atoms with Gasteiger partial charge in [-0.1, -0.05) is 28.1 Å². The van der Waals surface area contributed by atoms with E-state index < -0.39 is 0 Å². The lowest BCUT2D eigenvalue weighted by atomic mass is 10.0. The second-order valence-corrected chi connectivity index (χ2v) is 5.73. The number of halogens is 1. The minimum Gasteiger partial charge on any atom is -0.370 e. The zero-order valence-electron chi connectivity index (χ0n) is 9.99. The zero-order valence-corrected chi connectivity index (χ0v) is 11.6. The molecule has 0 radical (unpaired) electrons. The minimum absolute atomic E-state index is 0.571. The van der Waals surface area contributed by atoms with Crippen molar-refractivity contribution in [3.8, 4) is 0 Å². The molecular formula is C13H19BrN2. The van der Waals surface area contributed by atoms with Crippen LogP contribution in [0.3, 0.4) is 0 Å². The Bertz CT molecular complexity index is 342. The van der Waals surface area contributed by atoms with E-state index in [1.54, 1.807) is 0 Å². The summed E-state index contributed by atoms with van der Waals surface area (Å²) in [5, 5.41) is 0. The number of hydrogen-bond donors (Lipinski definition) is 0. The maximum atomic E-state index is 3.60. The smallest absolute Gasteiger partial charge is 0.0582 e. The zero-order chi connectivity index (χ0) is 11.5. The molecule has 0 saturated heterocycles. The van der Waals surface area contributed by atoms with Gasteiger partial charge in [-0.2, -0.15) is 0 Å². The Morgan fingerprint density at radius 1 is 1.44 bits per heavy atom. The van der Waals surface area contributed by atoms with E-state index in [1.807, 2.05) is 0 Å². The summed E-state index contributed by atoms with van der Waals surface area (Å²) < 4.78 is 1.31.